The Morgan fingerprint density at radius 2 is 1.67 bits per heavy atom. The first-order valence-corrected chi connectivity index (χ1v) is 16.1. The second kappa shape index (κ2) is 13.6. The maximum Gasteiger partial charge on any atom is 0.204 e. The predicted octanol–water partition coefficient (Wildman–Crippen LogP) is 8.14. The van der Waals surface area contributed by atoms with E-state index in [0.29, 0.717) is 24.0 Å². The van der Waals surface area contributed by atoms with E-state index in [1.807, 2.05) is 48.7 Å². The number of aromatic amines is 1. The van der Waals surface area contributed by atoms with Gasteiger partial charge in [0.25, 0.3) is 0 Å². The van der Waals surface area contributed by atoms with Gasteiger partial charge in [0.05, 0.1) is 19.8 Å². The number of aliphatic hydroxyl groups is 1. The summed E-state index contributed by atoms with van der Waals surface area (Å²) in [6.07, 6.45) is 5.71. The molecule has 4 N–H and O–H groups in total. The van der Waals surface area contributed by atoms with Gasteiger partial charge in [-0.2, -0.15) is 0 Å². The number of aromatic nitrogens is 1. The van der Waals surface area contributed by atoms with Crippen LogP contribution < -0.4 is 14.9 Å². The SMILES string of the molecule is COc1c(O)c(CCc2cccc3c2ccc2[nH]ccc23)c2oc(-c3ccc(O)cc3)cc(=O)c2c1OCC[C@@H](O)/C=C/c1ccccc1. The molecule has 49 heavy (non-hydrogen) atoms. The highest BCUT2D eigenvalue weighted by atomic mass is 16.5. The van der Waals surface area contributed by atoms with Crippen molar-refractivity contribution in [2.75, 3.05) is 13.7 Å². The average Bonchev–Trinajstić information content (AvgIpc) is 3.61. The highest BCUT2D eigenvalue weighted by Crippen LogP contribution is 2.46. The number of hydrogen-bond donors (Lipinski definition) is 4. The molecule has 1 atom stereocenters. The van der Waals surface area contributed by atoms with Crippen LogP contribution >= 0.6 is 0 Å². The van der Waals surface area contributed by atoms with Crippen molar-refractivity contribution < 1.29 is 29.2 Å². The van der Waals surface area contributed by atoms with Gasteiger partial charge >= 0.3 is 0 Å². The third-order valence-corrected chi connectivity index (χ3v) is 8.81. The summed E-state index contributed by atoms with van der Waals surface area (Å²) in [5.74, 6) is 0.237. The number of aryl methyl sites for hydroxylation is 2. The first-order valence-electron chi connectivity index (χ1n) is 16.1. The highest BCUT2D eigenvalue weighted by Gasteiger charge is 2.26. The fraction of sp³-hybridized carbons (Fsp3) is 0.146. The van der Waals surface area contributed by atoms with E-state index in [2.05, 4.69) is 35.3 Å². The Balaban J connectivity index is 1.27. The number of fused-ring (bicyclic) bond motifs is 4. The van der Waals surface area contributed by atoms with Crippen LogP contribution in [0.5, 0.6) is 23.0 Å². The number of phenols is 2. The van der Waals surface area contributed by atoms with E-state index in [1.54, 1.807) is 18.2 Å². The van der Waals surface area contributed by atoms with Gasteiger partial charge in [-0.3, -0.25) is 4.79 Å². The Kier molecular flexibility index (Phi) is 8.79. The van der Waals surface area contributed by atoms with Gasteiger partial charge in [-0.1, -0.05) is 66.7 Å². The zero-order valence-corrected chi connectivity index (χ0v) is 26.9. The number of ether oxygens (including phenoxy) is 2. The molecule has 0 saturated heterocycles. The van der Waals surface area contributed by atoms with Gasteiger partial charge in [0.2, 0.25) is 5.75 Å². The molecular weight excluding hydrogens is 618 g/mol. The smallest absolute Gasteiger partial charge is 0.204 e. The van der Waals surface area contributed by atoms with Gasteiger partial charge in [-0.05, 0) is 71.1 Å². The number of benzene rings is 5. The minimum atomic E-state index is -0.809. The van der Waals surface area contributed by atoms with Crippen LogP contribution in [0, 0.1) is 0 Å². The molecule has 2 aromatic heterocycles. The minimum Gasteiger partial charge on any atom is -0.508 e. The molecule has 0 unspecified atom stereocenters. The van der Waals surface area contributed by atoms with Crippen molar-refractivity contribution in [3.05, 3.63) is 136 Å². The lowest BCUT2D eigenvalue weighted by atomic mass is 9.95. The Labute approximate surface area is 282 Å². The zero-order chi connectivity index (χ0) is 33.9. The average molecular weight is 654 g/mol. The van der Waals surface area contributed by atoms with E-state index in [-0.39, 0.29) is 58.2 Å². The van der Waals surface area contributed by atoms with E-state index in [1.165, 1.54) is 25.3 Å². The number of nitrogens with one attached hydrogen (secondary N) is 1. The second-order valence-electron chi connectivity index (χ2n) is 11.9. The second-order valence-corrected chi connectivity index (χ2v) is 11.9. The number of methoxy groups -OCH3 is 1. The maximum atomic E-state index is 13.9. The summed E-state index contributed by atoms with van der Waals surface area (Å²) < 4.78 is 18.2. The Morgan fingerprint density at radius 3 is 2.47 bits per heavy atom. The van der Waals surface area contributed by atoms with Crippen molar-refractivity contribution in [2.45, 2.75) is 25.4 Å². The molecule has 0 amide bonds. The number of phenolic OH excluding ortho intramolecular Hbond substituents is 2. The van der Waals surface area contributed by atoms with Gasteiger partial charge in [-0.25, -0.2) is 0 Å². The lowest BCUT2D eigenvalue weighted by molar-refractivity contribution is 0.177. The van der Waals surface area contributed by atoms with Gasteiger partial charge in [0.15, 0.2) is 16.9 Å². The standard InChI is InChI=1S/C41H35NO7/c1-47-41-38(46)33(17-13-26-8-5-9-31-30(26)18-19-34-32(31)20-22-42-34)39-37(35(45)24-36(49-39)27-11-15-28(43)16-12-27)40(41)48-23-21-29(44)14-10-25-6-3-2-4-7-25/h2-12,14-16,18-20,22,24,29,42-44,46H,13,17,21,23H2,1H3/b14-10+/t29-/m0/s1. The molecule has 0 spiro atoms. The molecule has 0 saturated carbocycles. The Morgan fingerprint density at radius 1 is 0.857 bits per heavy atom. The third kappa shape index (κ3) is 6.34. The molecule has 8 heteroatoms. The van der Waals surface area contributed by atoms with Crippen molar-refractivity contribution in [2.24, 2.45) is 0 Å². The quantitative estimate of drug-likeness (QED) is 0.111. The molecule has 0 fully saturated rings. The lowest BCUT2D eigenvalue weighted by Crippen LogP contribution is -2.12. The van der Waals surface area contributed by atoms with Gasteiger partial charge in [0.1, 0.15) is 22.5 Å². The topological polar surface area (TPSA) is 125 Å². The molecule has 0 aliphatic heterocycles. The first-order chi connectivity index (χ1) is 23.9. The van der Waals surface area contributed by atoms with Crippen molar-refractivity contribution in [3.63, 3.8) is 0 Å². The molecule has 246 valence electrons. The van der Waals surface area contributed by atoms with Crippen LogP contribution in [-0.4, -0.2) is 40.1 Å². The van der Waals surface area contributed by atoms with Crippen LogP contribution in [-0.2, 0) is 12.8 Å². The van der Waals surface area contributed by atoms with Crippen LogP contribution in [0.4, 0.5) is 0 Å². The van der Waals surface area contributed by atoms with Gasteiger partial charge in [0, 0.05) is 40.7 Å². The predicted molar refractivity (Wildman–Crippen MR) is 193 cm³/mol. The molecule has 0 aliphatic carbocycles. The van der Waals surface area contributed by atoms with Crippen LogP contribution in [0.25, 0.3) is 50.0 Å². The van der Waals surface area contributed by atoms with E-state index in [9.17, 15) is 20.1 Å². The normalized spacial score (nSPS) is 12.3. The molecule has 7 aromatic rings. The summed E-state index contributed by atoms with van der Waals surface area (Å²) in [4.78, 5) is 17.2. The van der Waals surface area contributed by atoms with E-state index < -0.39 is 6.10 Å². The van der Waals surface area contributed by atoms with E-state index in [0.717, 1.165) is 32.8 Å². The molecule has 0 aliphatic rings. The van der Waals surface area contributed by atoms with Crippen molar-refractivity contribution in [1.29, 1.82) is 0 Å². The number of aromatic hydroxyl groups is 2. The number of rotatable bonds is 11. The third-order valence-electron chi connectivity index (χ3n) is 8.81. The summed E-state index contributed by atoms with van der Waals surface area (Å²) >= 11 is 0. The summed E-state index contributed by atoms with van der Waals surface area (Å²) in [6.45, 7) is 0.0350. The van der Waals surface area contributed by atoms with Crippen LogP contribution in [0.15, 0.2) is 119 Å². The molecule has 7 rings (SSSR count). The van der Waals surface area contributed by atoms with Crippen LogP contribution in [0.3, 0.4) is 0 Å². The Hall–Kier alpha value is -5.99. The van der Waals surface area contributed by atoms with E-state index >= 15 is 0 Å². The highest BCUT2D eigenvalue weighted by molar-refractivity contribution is 6.07. The van der Waals surface area contributed by atoms with E-state index in [4.69, 9.17) is 13.9 Å². The lowest BCUT2D eigenvalue weighted by Gasteiger charge is -2.19. The first kappa shape index (κ1) is 31.6. The summed E-state index contributed by atoms with van der Waals surface area (Å²) in [5.41, 5.74) is 3.86. The Bertz CT molecular complexity index is 2360. The molecule has 0 radical (unpaired) electrons. The molecular formula is C41H35NO7. The minimum absolute atomic E-state index is 0.0217. The monoisotopic (exact) mass is 653 g/mol. The molecule has 5 aromatic carbocycles. The zero-order valence-electron chi connectivity index (χ0n) is 26.9. The van der Waals surface area contributed by atoms with Gasteiger partial charge < -0.3 is 34.2 Å². The number of aliphatic hydroxyl groups excluding tert-OH is 1. The summed E-state index contributed by atoms with van der Waals surface area (Å²) in [7, 11) is 1.41. The number of hydrogen-bond acceptors (Lipinski definition) is 7. The fourth-order valence-electron chi connectivity index (χ4n) is 6.32. The van der Waals surface area contributed by atoms with Crippen LogP contribution in [0.2, 0.25) is 0 Å². The van der Waals surface area contributed by atoms with Crippen molar-refractivity contribution >= 4 is 38.7 Å². The van der Waals surface area contributed by atoms with Gasteiger partial charge in [-0.15, -0.1) is 0 Å². The molecule has 2 heterocycles. The molecule has 0 bridgehead atoms. The largest absolute Gasteiger partial charge is 0.508 e. The fourth-order valence-corrected chi connectivity index (χ4v) is 6.32. The summed E-state index contributed by atoms with van der Waals surface area (Å²) in [5, 5.41) is 35.6. The molecule has 8 nitrogen and oxygen atoms in total. The summed E-state index contributed by atoms with van der Waals surface area (Å²) in [6, 6.07) is 29.7. The van der Waals surface area contributed by atoms with Crippen molar-refractivity contribution in [3.8, 4) is 34.3 Å². The maximum absolute atomic E-state index is 13.9. The number of H-pyrrole nitrogens is 1. The van der Waals surface area contributed by atoms with Crippen LogP contribution in [0.1, 0.15) is 23.1 Å². The van der Waals surface area contributed by atoms with Crippen molar-refractivity contribution in [1.82, 2.24) is 4.98 Å².